The highest BCUT2D eigenvalue weighted by Gasteiger charge is 2.39. The molecule has 0 saturated carbocycles. The fraction of sp³-hybridized carbons (Fsp3) is 0.615. The summed E-state index contributed by atoms with van der Waals surface area (Å²) in [6.07, 6.45) is 3.44. The summed E-state index contributed by atoms with van der Waals surface area (Å²) in [6.45, 7) is 4.67. The van der Waals surface area contributed by atoms with Crippen molar-refractivity contribution in [2.75, 3.05) is 19.6 Å². The van der Waals surface area contributed by atoms with Crippen molar-refractivity contribution in [1.82, 2.24) is 4.90 Å². The smallest absolute Gasteiger partial charge is 0.339 e. The molecule has 0 aliphatic carbocycles. The maximum Gasteiger partial charge on any atom is 0.339 e. The van der Waals surface area contributed by atoms with Crippen LogP contribution in [0.1, 0.15) is 42.3 Å². The summed E-state index contributed by atoms with van der Waals surface area (Å²) in [5, 5.41) is 19.6. The van der Waals surface area contributed by atoms with Gasteiger partial charge >= 0.3 is 5.97 Å². The zero-order chi connectivity index (χ0) is 13.2. The van der Waals surface area contributed by atoms with E-state index in [-0.39, 0.29) is 11.3 Å². The van der Waals surface area contributed by atoms with Crippen molar-refractivity contribution in [2.24, 2.45) is 0 Å². The van der Waals surface area contributed by atoms with E-state index in [9.17, 15) is 9.90 Å². The second-order valence-electron chi connectivity index (χ2n) is 4.84. The van der Waals surface area contributed by atoms with Crippen molar-refractivity contribution in [3.63, 3.8) is 0 Å². The Hall–Kier alpha value is -1.33. The van der Waals surface area contributed by atoms with Crippen LogP contribution >= 0.6 is 0 Å². The second-order valence-corrected chi connectivity index (χ2v) is 4.84. The van der Waals surface area contributed by atoms with Gasteiger partial charge in [0.1, 0.15) is 16.9 Å². The Kier molecular flexibility index (Phi) is 3.73. The Bertz CT molecular complexity index is 418. The molecule has 0 spiro atoms. The van der Waals surface area contributed by atoms with Crippen LogP contribution < -0.4 is 0 Å². The summed E-state index contributed by atoms with van der Waals surface area (Å²) in [6, 6.07) is 1.40. The van der Waals surface area contributed by atoms with Gasteiger partial charge in [-0.3, -0.25) is 0 Å². The zero-order valence-electron chi connectivity index (χ0n) is 10.6. The van der Waals surface area contributed by atoms with Crippen LogP contribution in [0.3, 0.4) is 0 Å². The first-order chi connectivity index (χ1) is 8.57. The molecule has 0 atom stereocenters. The number of piperidine rings is 1. The number of rotatable bonds is 4. The third-order valence-corrected chi connectivity index (χ3v) is 3.54. The Balaban J connectivity index is 2.13. The van der Waals surface area contributed by atoms with E-state index in [1.807, 2.05) is 0 Å². The normalized spacial score (nSPS) is 19.9. The maximum atomic E-state index is 11.1. The molecule has 0 amide bonds. The summed E-state index contributed by atoms with van der Waals surface area (Å²) in [5.74, 6) is -0.852. The van der Waals surface area contributed by atoms with Gasteiger partial charge in [-0.05, 0) is 31.9 Å². The fourth-order valence-corrected chi connectivity index (χ4v) is 2.53. The number of carboxylic acids is 1. The van der Waals surface area contributed by atoms with Gasteiger partial charge in [0.15, 0.2) is 0 Å². The maximum absolute atomic E-state index is 11.1. The summed E-state index contributed by atoms with van der Waals surface area (Å²) >= 11 is 0. The molecule has 5 heteroatoms. The summed E-state index contributed by atoms with van der Waals surface area (Å²) in [7, 11) is 0. The molecule has 2 N–H and O–H groups in total. The zero-order valence-corrected chi connectivity index (χ0v) is 10.6. The molecule has 0 bridgehead atoms. The predicted molar refractivity (Wildman–Crippen MR) is 65.5 cm³/mol. The van der Waals surface area contributed by atoms with Gasteiger partial charge in [-0.2, -0.15) is 0 Å². The average molecular weight is 253 g/mol. The standard InChI is InChI=1S/C13H19NO4/c1-2-6-14-7-4-13(17,5-8-14)11-10(12(15)16)3-9-18-11/h3,9,17H,2,4-8H2,1H3,(H,15,16). The largest absolute Gasteiger partial charge is 0.478 e. The van der Waals surface area contributed by atoms with Crippen molar-refractivity contribution in [1.29, 1.82) is 0 Å². The fourth-order valence-electron chi connectivity index (χ4n) is 2.53. The minimum Gasteiger partial charge on any atom is -0.478 e. The van der Waals surface area contributed by atoms with E-state index in [1.54, 1.807) is 0 Å². The van der Waals surface area contributed by atoms with Gasteiger partial charge in [0.25, 0.3) is 0 Å². The molecule has 1 fully saturated rings. The molecule has 1 saturated heterocycles. The molecule has 1 aliphatic heterocycles. The number of aromatic carboxylic acids is 1. The third-order valence-electron chi connectivity index (χ3n) is 3.54. The second kappa shape index (κ2) is 5.12. The number of aliphatic hydroxyl groups is 1. The van der Waals surface area contributed by atoms with Crippen LogP contribution in [0, 0.1) is 0 Å². The van der Waals surface area contributed by atoms with Crippen LogP contribution in [0.25, 0.3) is 0 Å². The lowest BCUT2D eigenvalue weighted by molar-refractivity contribution is -0.0428. The number of hydrogen-bond acceptors (Lipinski definition) is 4. The van der Waals surface area contributed by atoms with Crippen LogP contribution in [-0.2, 0) is 5.60 Å². The van der Waals surface area contributed by atoms with Crippen molar-refractivity contribution in [3.05, 3.63) is 23.7 Å². The van der Waals surface area contributed by atoms with Gasteiger partial charge in [-0.15, -0.1) is 0 Å². The van der Waals surface area contributed by atoms with Crippen LogP contribution in [0.4, 0.5) is 0 Å². The highest BCUT2D eigenvalue weighted by molar-refractivity contribution is 5.89. The lowest BCUT2D eigenvalue weighted by Gasteiger charge is -2.37. The Labute approximate surface area is 106 Å². The van der Waals surface area contributed by atoms with Crippen molar-refractivity contribution in [3.8, 4) is 0 Å². The van der Waals surface area contributed by atoms with Crippen molar-refractivity contribution >= 4 is 5.97 Å². The number of hydrogen-bond donors (Lipinski definition) is 2. The van der Waals surface area contributed by atoms with Crippen LogP contribution in [0.2, 0.25) is 0 Å². The molecule has 18 heavy (non-hydrogen) atoms. The van der Waals surface area contributed by atoms with Crippen LogP contribution in [-0.4, -0.2) is 40.7 Å². The van der Waals surface area contributed by atoms with E-state index < -0.39 is 11.6 Å². The Morgan fingerprint density at radius 1 is 1.50 bits per heavy atom. The molecular weight excluding hydrogens is 234 g/mol. The number of carbonyl (C=O) groups is 1. The van der Waals surface area contributed by atoms with E-state index in [2.05, 4.69) is 11.8 Å². The minimum atomic E-state index is -1.14. The molecule has 0 aromatic carbocycles. The number of furan rings is 1. The molecule has 1 aliphatic rings. The first kappa shape index (κ1) is 13.1. The van der Waals surface area contributed by atoms with Crippen molar-refractivity contribution < 1.29 is 19.4 Å². The van der Waals surface area contributed by atoms with E-state index in [0.29, 0.717) is 12.8 Å². The van der Waals surface area contributed by atoms with Gasteiger partial charge in [0.05, 0.1) is 6.26 Å². The highest BCUT2D eigenvalue weighted by Crippen LogP contribution is 2.35. The monoisotopic (exact) mass is 253 g/mol. The lowest BCUT2D eigenvalue weighted by atomic mass is 9.87. The molecule has 1 aromatic rings. The van der Waals surface area contributed by atoms with E-state index >= 15 is 0 Å². The summed E-state index contributed by atoms with van der Waals surface area (Å²) in [4.78, 5) is 13.3. The van der Waals surface area contributed by atoms with Gasteiger partial charge in [0.2, 0.25) is 0 Å². The molecule has 5 nitrogen and oxygen atoms in total. The quantitative estimate of drug-likeness (QED) is 0.853. The molecule has 0 radical (unpaired) electrons. The summed E-state index contributed by atoms with van der Waals surface area (Å²) < 4.78 is 5.21. The molecule has 2 heterocycles. The van der Waals surface area contributed by atoms with Gasteiger partial charge in [0, 0.05) is 13.1 Å². The Morgan fingerprint density at radius 3 is 2.72 bits per heavy atom. The molecule has 1 aromatic heterocycles. The molecule has 0 unspecified atom stereocenters. The molecule has 100 valence electrons. The van der Waals surface area contributed by atoms with E-state index in [4.69, 9.17) is 9.52 Å². The number of carboxylic acid groups (broad SMARTS) is 1. The van der Waals surface area contributed by atoms with Gasteiger partial charge in [-0.1, -0.05) is 6.92 Å². The topological polar surface area (TPSA) is 73.9 Å². The predicted octanol–water partition coefficient (Wildman–Crippen LogP) is 1.67. The van der Waals surface area contributed by atoms with Crippen molar-refractivity contribution in [2.45, 2.75) is 31.8 Å². The first-order valence-electron chi connectivity index (χ1n) is 6.33. The third kappa shape index (κ3) is 2.42. The van der Waals surface area contributed by atoms with Crippen LogP contribution in [0.15, 0.2) is 16.7 Å². The van der Waals surface area contributed by atoms with Gasteiger partial charge < -0.3 is 19.5 Å². The van der Waals surface area contributed by atoms with E-state index in [0.717, 1.165) is 26.1 Å². The number of likely N-dealkylation sites (tertiary alicyclic amines) is 1. The number of nitrogens with zero attached hydrogens (tertiary/aromatic N) is 1. The highest BCUT2D eigenvalue weighted by atomic mass is 16.4. The SMILES string of the molecule is CCCN1CCC(O)(c2occc2C(=O)O)CC1. The Morgan fingerprint density at radius 2 is 2.17 bits per heavy atom. The lowest BCUT2D eigenvalue weighted by Crippen LogP contribution is -2.43. The first-order valence-corrected chi connectivity index (χ1v) is 6.33. The average Bonchev–Trinajstić information content (AvgIpc) is 2.82. The minimum absolute atomic E-state index is 0.0708. The molecular formula is C13H19NO4. The van der Waals surface area contributed by atoms with Crippen LogP contribution in [0.5, 0.6) is 0 Å². The van der Waals surface area contributed by atoms with Gasteiger partial charge in [-0.25, -0.2) is 4.79 Å². The summed E-state index contributed by atoms with van der Waals surface area (Å²) in [5.41, 5.74) is -1.07. The molecule has 2 rings (SSSR count). The van der Waals surface area contributed by atoms with E-state index in [1.165, 1.54) is 12.3 Å².